The molecule has 0 atom stereocenters. The molecular formula is C17H12BrClF3N7O. The molecule has 1 aromatic carbocycles. The van der Waals surface area contributed by atoms with E-state index in [1.165, 1.54) is 0 Å². The molecule has 0 radical (unpaired) electrons. The van der Waals surface area contributed by atoms with Crippen molar-refractivity contribution in [2.24, 2.45) is 0 Å². The molecule has 1 amide bonds. The smallest absolute Gasteiger partial charge is 0.393 e. The molecular weight excluding hydrogens is 491 g/mol. The molecule has 156 valence electrons. The minimum atomic E-state index is -4.58. The second-order valence-corrected chi connectivity index (χ2v) is 7.07. The van der Waals surface area contributed by atoms with E-state index in [1.54, 1.807) is 24.3 Å². The number of carbonyl (C=O) groups excluding carboxylic acids is 1. The van der Waals surface area contributed by atoms with Gasteiger partial charge in [-0.3, -0.25) is 15.6 Å². The predicted molar refractivity (Wildman–Crippen MR) is 109 cm³/mol. The van der Waals surface area contributed by atoms with Crippen LogP contribution in [-0.4, -0.2) is 20.9 Å². The van der Waals surface area contributed by atoms with Crippen LogP contribution in [-0.2, 0) is 6.18 Å². The lowest BCUT2D eigenvalue weighted by molar-refractivity contribution is -0.137. The van der Waals surface area contributed by atoms with Gasteiger partial charge >= 0.3 is 6.18 Å². The molecule has 3 aromatic rings. The average Bonchev–Trinajstić information content (AvgIpc) is 2.69. The van der Waals surface area contributed by atoms with Crippen molar-refractivity contribution in [3.8, 4) is 0 Å². The normalized spacial score (nSPS) is 11.1. The van der Waals surface area contributed by atoms with E-state index >= 15 is 0 Å². The standard InChI is InChI=1S/C17H12BrClF3N7O/c18-10-3-1-8(2-4-10)16(30)29-28-15-12(23)14(25-7-26-15)27-13-11(19)5-9(6-24-13)17(20,21)22/h1-7H,23H2,(H,29,30)(H2,24,25,26,27,28). The van der Waals surface area contributed by atoms with Crippen molar-refractivity contribution in [1.82, 2.24) is 20.4 Å². The molecule has 0 aliphatic rings. The fourth-order valence-electron chi connectivity index (χ4n) is 2.18. The van der Waals surface area contributed by atoms with Gasteiger partial charge in [-0.2, -0.15) is 13.2 Å². The topological polar surface area (TPSA) is 118 Å². The Labute approximate surface area is 181 Å². The number of hydrogen-bond donors (Lipinski definition) is 4. The molecule has 5 N–H and O–H groups in total. The Morgan fingerprint density at radius 1 is 1.07 bits per heavy atom. The van der Waals surface area contributed by atoms with Gasteiger partial charge in [0, 0.05) is 16.2 Å². The van der Waals surface area contributed by atoms with Gasteiger partial charge in [-0.25, -0.2) is 15.0 Å². The zero-order valence-electron chi connectivity index (χ0n) is 14.8. The zero-order chi connectivity index (χ0) is 21.9. The monoisotopic (exact) mass is 501 g/mol. The number of alkyl halides is 3. The lowest BCUT2D eigenvalue weighted by Gasteiger charge is -2.14. The van der Waals surface area contributed by atoms with Crippen LogP contribution in [0.25, 0.3) is 0 Å². The number of pyridine rings is 1. The van der Waals surface area contributed by atoms with Gasteiger partial charge in [-0.1, -0.05) is 27.5 Å². The highest BCUT2D eigenvalue weighted by atomic mass is 79.9. The summed E-state index contributed by atoms with van der Waals surface area (Å²) in [5, 5.41) is 2.36. The van der Waals surface area contributed by atoms with Crippen molar-refractivity contribution in [1.29, 1.82) is 0 Å². The van der Waals surface area contributed by atoms with E-state index in [2.05, 4.69) is 47.1 Å². The minimum absolute atomic E-state index is 0.0219. The largest absolute Gasteiger partial charge is 0.417 e. The second kappa shape index (κ2) is 8.71. The van der Waals surface area contributed by atoms with Gasteiger partial charge in [-0.15, -0.1) is 0 Å². The molecule has 2 aromatic heterocycles. The van der Waals surface area contributed by atoms with Crippen LogP contribution in [0.1, 0.15) is 15.9 Å². The van der Waals surface area contributed by atoms with Gasteiger partial charge in [0.25, 0.3) is 5.91 Å². The summed E-state index contributed by atoms with van der Waals surface area (Å²) in [6, 6.07) is 7.35. The number of aromatic nitrogens is 3. The summed E-state index contributed by atoms with van der Waals surface area (Å²) in [4.78, 5) is 23.7. The molecule has 13 heteroatoms. The number of benzene rings is 1. The van der Waals surface area contributed by atoms with E-state index in [0.29, 0.717) is 11.8 Å². The molecule has 0 spiro atoms. The lowest BCUT2D eigenvalue weighted by atomic mass is 10.2. The Hall–Kier alpha value is -3.12. The summed E-state index contributed by atoms with van der Waals surface area (Å²) in [5.74, 6) is -0.442. The van der Waals surface area contributed by atoms with Crippen molar-refractivity contribution in [2.45, 2.75) is 6.18 Å². The molecule has 0 aliphatic heterocycles. The van der Waals surface area contributed by atoms with Crippen LogP contribution >= 0.6 is 27.5 Å². The van der Waals surface area contributed by atoms with Gasteiger partial charge in [0.05, 0.1) is 10.6 Å². The van der Waals surface area contributed by atoms with Gasteiger partial charge in [0.2, 0.25) is 0 Å². The van der Waals surface area contributed by atoms with Crippen LogP contribution in [0.5, 0.6) is 0 Å². The number of rotatable bonds is 5. The van der Waals surface area contributed by atoms with Gasteiger partial charge < -0.3 is 11.1 Å². The Balaban J connectivity index is 1.73. The zero-order valence-corrected chi connectivity index (χ0v) is 17.1. The SMILES string of the molecule is Nc1c(NNC(=O)c2ccc(Br)cc2)ncnc1Nc1ncc(C(F)(F)F)cc1Cl. The summed E-state index contributed by atoms with van der Waals surface area (Å²) in [6.07, 6.45) is -2.82. The van der Waals surface area contributed by atoms with Crippen LogP contribution in [0.2, 0.25) is 5.02 Å². The van der Waals surface area contributed by atoms with E-state index in [1.807, 2.05) is 0 Å². The van der Waals surface area contributed by atoms with Crippen LogP contribution in [0, 0.1) is 0 Å². The lowest BCUT2D eigenvalue weighted by Crippen LogP contribution is -2.30. The second-order valence-electron chi connectivity index (χ2n) is 5.75. The Bertz CT molecular complexity index is 1080. The van der Waals surface area contributed by atoms with Gasteiger partial charge in [0.1, 0.15) is 17.8 Å². The number of amides is 1. The minimum Gasteiger partial charge on any atom is -0.393 e. The first-order chi connectivity index (χ1) is 14.1. The first-order valence-corrected chi connectivity index (χ1v) is 9.24. The third-order valence-electron chi connectivity index (χ3n) is 3.69. The summed E-state index contributed by atoms with van der Waals surface area (Å²) in [7, 11) is 0. The molecule has 0 fully saturated rings. The first kappa shape index (κ1) is 21.6. The quantitative estimate of drug-likeness (QED) is 0.382. The number of halogens is 5. The fourth-order valence-corrected chi connectivity index (χ4v) is 2.66. The van der Waals surface area contributed by atoms with E-state index in [9.17, 15) is 18.0 Å². The molecule has 30 heavy (non-hydrogen) atoms. The third-order valence-corrected chi connectivity index (χ3v) is 4.51. The van der Waals surface area contributed by atoms with Crippen LogP contribution in [0.4, 0.5) is 36.3 Å². The van der Waals surface area contributed by atoms with Crippen molar-refractivity contribution >= 4 is 56.6 Å². The highest BCUT2D eigenvalue weighted by molar-refractivity contribution is 9.10. The first-order valence-electron chi connectivity index (χ1n) is 8.07. The van der Waals surface area contributed by atoms with Crippen molar-refractivity contribution in [2.75, 3.05) is 16.5 Å². The maximum atomic E-state index is 12.7. The molecule has 0 unspecified atom stereocenters. The van der Waals surface area contributed by atoms with Crippen molar-refractivity contribution < 1.29 is 18.0 Å². The molecule has 3 rings (SSSR count). The van der Waals surface area contributed by atoms with Crippen molar-refractivity contribution in [3.05, 3.63) is 63.5 Å². The molecule has 0 aliphatic carbocycles. The molecule has 8 nitrogen and oxygen atoms in total. The predicted octanol–water partition coefficient (Wildman–Crippen LogP) is 4.39. The maximum Gasteiger partial charge on any atom is 0.417 e. The molecule has 0 saturated heterocycles. The summed E-state index contributed by atoms with van der Waals surface area (Å²) in [5.41, 5.74) is 10.3. The summed E-state index contributed by atoms with van der Waals surface area (Å²) >= 11 is 9.15. The van der Waals surface area contributed by atoms with Crippen molar-refractivity contribution in [3.63, 3.8) is 0 Å². The number of nitrogens with zero attached hydrogens (tertiary/aromatic N) is 3. The Kier molecular flexibility index (Phi) is 6.27. The number of carbonyl (C=O) groups is 1. The van der Waals surface area contributed by atoms with E-state index in [-0.39, 0.29) is 28.2 Å². The molecule has 0 bridgehead atoms. The van der Waals surface area contributed by atoms with Crippen LogP contribution in [0.15, 0.2) is 47.3 Å². The number of nitrogen functional groups attached to an aromatic ring is 1. The average molecular weight is 503 g/mol. The summed E-state index contributed by atoms with van der Waals surface area (Å²) < 4.78 is 39.0. The maximum absolute atomic E-state index is 12.7. The van der Waals surface area contributed by atoms with E-state index < -0.39 is 17.6 Å². The number of nitrogens with one attached hydrogen (secondary N) is 3. The Morgan fingerprint density at radius 3 is 2.37 bits per heavy atom. The third kappa shape index (κ3) is 5.07. The van der Waals surface area contributed by atoms with Crippen LogP contribution in [0.3, 0.4) is 0 Å². The van der Waals surface area contributed by atoms with E-state index in [4.69, 9.17) is 17.3 Å². The highest BCUT2D eigenvalue weighted by Gasteiger charge is 2.31. The van der Waals surface area contributed by atoms with Crippen LogP contribution < -0.4 is 21.9 Å². The number of hydrogen-bond acceptors (Lipinski definition) is 7. The highest BCUT2D eigenvalue weighted by Crippen LogP contribution is 2.34. The Morgan fingerprint density at radius 2 is 1.73 bits per heavy atom. The van der Waals surface area contributed by atoms with Gasteiger partial charge in [0.15, 0.2) is 11.6 Å². The summed E-state index contributed by atoms with van der Waals surface area (Å²) in [6.45, 7) is 0. The molecule has 2 heterocycles. The van der Waals surface area contributed by atoms with Gasteiger partial charge in [-0.05, 0) is 30.3 Å². The number of nitrogens with two attached hydrogens (primary N) is 1. The van der Waals surface area contributed by atoms with E-state index in [0.717, 1.165) is 16.9 Å². The number of hydrazine groups is 1. The fraction of sp³-hybridized carbons (Fsp3) is 0.0588. The molecule has 0 saturated carbocycles. The number of anilines is 4.